The molecule has 0 saturated carbocycles. The van der Waals surface area contributed by atoms with Crippen molar-refractivity contribution in [2.24, 2.45) is 5.73 Å². The maximum absolute atomic E-state index is 12.2. The van der Waals surface area contributed by atoms with Crippen LogP contribution in [-0.2, 0) is 4.74 Å². The first-order valence-electron chi connectivity index (χ1n) is 5.54. The fraction of sp³-hybridized carbons (Fsp3) is 1.00. The molecule has 1 atom stereocenters. The summed E-state index contributed by atoms with van der Waals surface area (Å²) in [7, 11) is 0. The third-order valence-corrected chi connectivity index (χ3v) is 2.63. The van der Waals surface area contributed by atoms with E-state index < -0.39 is 6.43 Å². The molecule has 0 radical (unpaired) electrons. The van der Waals surface area contributed by atoms with E-state index >= 15 is 0 Å². The van der Waals surface area contributed by atoms with Crippen LogP contribution in [0.3, 0.4) is 0 Å². The molecular formula is C10H20F2N2O. The summed E-state index contributed by atoms with van der Waals surface area (Å²) >= 11 is 0. The predicted octanol–water partition coefficient (Wildman–Crippen LogP) is 1.08. The summed E-state index contributed by atoms with van der Waals surface area (Å²) in [5.41, 5.74) is 5.37. The van der Waals surface area contributed by atoms with Crippen LogP contribution in [0.5, 0.6) is 0 Å². The molecule has 1 rings (SSSR count). The van der Waals surface area contributed by atoms with Gasteiger partial charge in [0.05, 0.1) is 12.6 Å². The van der Waals surface area contributed by atoms with Crippen molar-refractivity contribution in [2.45, 2.75) is 31.8 Å². The van der Waals surface area contributed by atoms with Crippen molar-refractivity contribution in [1.82, 2.24) is 4.90 Å². The molecule has 1 unspecified atom stereocenters. The number of hydrogen-bond acceptors (Lipinski definition) is 3. The highest BCUT2D eigenvalue weighted by molar-refractivity contribution is 4.68. The van der Waals surface area contributed by atoms with E-state index in [9.17, 15) is 8.78 Å². The van der Waals surface area contributed by atoms with E-state index in [2.05, 4.69) is 0 Å². The maximum atomic E-state index is 12.2. The van der Waals surface area contributed by atoms with Crippen molar-refractivity contribution in [2.75, 3.05) is 32.8 Å². The van der Waals surface area contributed by atoms with Crippen LogP contribution in [0, 0.1) is 0 Å². The van der Waals surface area contributed by atoms with Crippen LogP contribution in [-0.4, -0.2) is 50.2 Å². The first kappa shape index (κ1) is 12.8. The second-order valence-electron chi connectivity index (χ2n) is 3.90. The Labute approximate surface area is 89.6 Å². The van der Waals surface area contributed by atoms with Gasteiger partial charge in [-0.1, -0.05) is 0 Å². The zero-order valence-corrected chi connectivity index (χ0v) is 9.00. The van der Waals surface area contributed by atoms with Gasteiger partial charge < -0.3 is 10.5 Å². The fourth-order valence-electron chi connectivity index (χ4n) is 1.87. The fourth-order valence-corrected chi connectivity index (χ4v) is 1.87. The number of ether oxygens (including phenoxy) is 1. The van der Waals surface area contributed by atoms with E-state index in [4.69, 9.17) is 10.5 Å². The van der Waals surface area contributed by atoms with Crippen molar-refractivity contribution < 1.29 is 13.5 Å². The van der Waals surface area contributed by atoms with E-state index in [1.54, 1.807) is 4.90 Å². The van der Waals surface area contributed by atoms with Crippen LogP contribution < -0.4 is 5.73 Å². The summed E-state index contributed by atoms with van der Waals surface area (Å²) in [4.78, 5) is 1.71. The van der Waals surface area contributed by atoms with Gasteiger partial charge in [0.2, 0.25) is 0 Å². The highest BCUT2D eigenvalue weighted by Gasteiger charge is 2.18. The summed E-state index contributed by atoms with van der Waals surface area (Å²) in [5, 5.41) is 0. The number of halogens is 2. The second kappa shape index (κ2) is 7.09. The molecule has 2 N–H and O–H groups in total. The van der Waals surface area contributed by atoms with Crippen LogP contribution in [0.15, 0.2) is 0 Å². The molecule has 0 aromatic rings. The Morgan fingerprint density at radius 3 is 2.73 bits per heavy atom. The lowest BCUT2D eigenvalue weighted by atomic mass is 10.2. The lowest BCUT2D eigenvalue weighted by Crippen LogP contribution is -2.35. The lowest BCUT2D eigenvalue weighted by Gasteiger charge is -2.22. The van der Waals surface area contributed by atoms with E-state index in [0.29, 0.717) is 19.6 Å². The van der Waals surface area contributed by atoms with Crippen LogP contribution in [0.25, 0.3) is 0 Å². The smallest absolute Gasteiger partial charge is 0.251 e. The van der Waals surface area contributed by atoms with Gasteiger partial charge in [-0.05, 0) is 19.3 Å². The summed E-state index contributed by atoms with van der Waals surface area (Å²) in [6, 6.07) is 0. The van der Waals surface area contributed by atoms with Crippen molar-refractivity contribution in [3.63, 3.8) is 0 Å². The summed E-state index contributed by atoms with van der Waals surface area (Å²) in [6.07, 6.45) is 0.984. The molecule has 3 nitrogen and oxygen atoms in total. The maximum Gasteiger partial charge on any atom is 0.251 e. The summed E-state index contributed by atoms with van der Waals surface area (Å²) < 4.78 is 29.8. The molecule has 1 aliphatic heterocycles. The van der Waals surface area contributed by atoms with Crippen LogP contribution in [0.4, 0.5) is 8.78 Å². The monoisotopic (exact) mass is 222 g/mol. The molecule has 15 heavy (non-hydrogen) atoms. The number of rotatable bonds is 7. The standard InChI is InChI=1S/C10H20F2N2O/c11-10(12)8-14(6-4-13)5-3-9-2-1-7-15-9/h9-10H,1-8,13H2. The van der Waals surface area contributed by atoms with E-state index in [-0.39, 0.29) is 12.6 Å². The van der Waals surface area contributed by atoms with Crippen LogP contribution in [0.2, 0.25) is 0 Å². The average molecular weight is 222 g/mol. The van der Waals surface area contributed by atoms with Crippen molar-refractivity contribution in [1.29, 1.82) is 0 Å². The lowest BCUT2D eigenvalue weighted by molar-refractivity contribution is 0.0652. The highest BCUT2D eigenvalue weighted by Crippen LogP contribution is 2.15. The molecular weight excluding hydrogens is 202 g/mol. The van der Waals surface area contributed by atoms with E-state index in [1.165, 1.54) is 0 Å². The molecule has 1 saturated heterocycles. The van der Waals surface area contributed by atoms with E-state index in [1.807, 2.05) is 0 Å². The number of hydrogen-bond donors (Lipinski definition) is 1. The number of nitrogens with two attached hydrogens (primary N) is 1. The van der Waals surface area contributed by atoms with Gasteiger partial charge in [0.1, 0.15) is 0 Å². The molecule has 5 heteroatoms. The van der Waals surface area contributed by atoms with Gasteiger partial charge in [0.25, 0.3) is 6.43 Å². The number of alkyl halides is 2. The van der Waals surface area contributed by atoms with Crippen LogP contribution in [0.1, 0.15) is 19.3 Å². The molecule has 0 amide bonds. The minimum atomic E-state index is -2.28. The molecule has 0 aromatic carbocycles. The molecule has 0 aliphatic carbocycles. The zero-order chi connectivity index (χ0) is 11.1. The Bertz CT molecular complexity index is 164. The Balaban J connectivity index is 2.17. The quantitative estimate of drug-likeness (QED) is 0.700. The first-order valence-corrected chi connectivity index (χ1v) is 5.54. The molecule has 1 aliphatic rings. The second-order valence-corrected chi connectivity index (χ2v) is 3.90. The third-order valence-electron chi connectivity index (χ3n) is 2.63. The highest BCUT2D eigenvalue weighted by atomic mass is 19.3. The molecule has 0 bridgehead atoms. The molecule has 1 heterocycles. The molecule has 1 fully saturated rings. The van der Waals surface area contributed by atoms with E-state index in [0.717, 1.165) is 25.9 Å². The number of nitrogens with zero attached hydrogens (tertiary/aromatic N) is 1. The third kappa shape index (κ3) is 5.39. The first-order chi connectivity index (χ1) is 7.22. The predicted molar refractivity (Wildman–Crippen MR) is 55.1 cm³/mol. The van der Waals surface area contributed by atoms with Crippen LogP contribution >= 0.6 is 0 Å². The molecule has 90 valence electrons. The zero-order valence-electron chi connectivity index (χ0n) is 9.00. The van der Waals surface area contributed by atoms with Gasteiger partial charge in [-0.2, -0.15) is 0 Å². The van der Waals surface area contributed by atoms with Gasteiger partial charge in [-0.3, -0.25) is 4.90 Å². The van der Waals surface area contributed by atoms with Gasteiger partial charge in [0.15, 0.2) is 0 Å². The summed E-state index contributed by atoms with van der Waals surface area (Å²) in [5.74, 6) is 0. The minimum absolute atomic E-state index is 0.177. The Morgan fingerprint density at radius 1 is 1.40 bits per heavy atom. The molecule has 0 aromatic heterocycles. The van der Waals surface area contributed by atoms with Gasteiger partial charge in [-0.15, -0.1) is 0 Å². The van der Waals surface area contributed by atoms with Gasteiger partial charge >= 0.3 is 0 Å². The summed E-state index contributed by atoms with van der Waals surface area (Å²) in [6.45, 7) is 2.27. The van der Waals surface area contributed by atoms with Crippen molar-refractivity contribution >= 4 is 0 Å². The average Bonchev–Trinajstić information content (AvgIpc) is 2.66. The van der Waals surface area contributed by atoms with Crippen molar-refractivity contribution in [3.05, 3.63) is 0 Å². The van der Waals surface area contributed by atoms with Gasteiger partial charge in [0, 0.05) is 26.2 Å². The van der Waals surface area contributed by atoms with Gasteiger partial charge in [-0.25, -0.2) is 8.78 Å². The SMILES string of the molecule is NCCN(CCC1CCCO1)CC(F)F. The Hall–Kier alpha value is -0.260. The minimum Gasteiger partial charge on any atom is -0.378 e. The Kier molecular flexibility index (Phi) is 6.05. The molecule has 0 spiro atoms. The Morgan fingerprint density at radius 2 is 2.20 bits per heavy atom. The van der Waals surface area contributed by atoms with Crippen molar-refractivity contribution in [3.8, 4) is 0 Å². The topological polar surface area (TPSA) is 38.5 Å². The normalized spacial score (nSPS) is 21.8. The largest absolute Gasteiger partial charge is 0.378 e.